The number of carbonyl (C=O) groups excluding carboxylic acids is 1. The lowest BCUT2D eigenvalue weighted by Gasteiger charge is -2.25. The van der Waals surface area contributed by atoms with Gasteiger partial charge in [0.15, 0.2) is 0 Å². The van der Waals surface area contributed by atoms with Crippen LogP contribution in [0.1, 0.15) is 26.2 Å². The molecule has 4 N–H and O–H groups in total. The van der Waals surface area contributed by atoms with Crippen molar-refractivity contribution in [2.24, 2.45) is 0 Å². The molecular weight excluding hydrogens is 240 g/mol. The molecule has 2 unspecified atom stereocenters. The predicted octanol–water partition coefficient (Wildman–Crippen LogP) is -0.310. The first-order valence-electron chi connectivity index (χ1n) is 5.95. The van der Waals surface area contributed by atoms with Gasteiger partial charge in [0.05, 0.1) is 24.7 Å². The van der Waals surface area contributed by atoms with Crippen molar-refractivity contribution in [2.45, 2.75) is 37.8 Å². The van der Waals surface area contributed by atoms with Crippen molar-refractivity contribution >= 4 is 12.0 Å². The van der Waals surface area contributed by atoms with E-state index in [-0.39, 0.29) is 12.6 Å². The molecule has 0 spiro atoms. The third-order valence-corrected chi connectivity index (χ3v) is 2.66. The Bertz CT molecular complexity index is 300. The number of carboxylic acid groups (broad SMARTS) is 1. The van der Waals surface area contributed by atoms with Crippen LogP contribution in [0.4, 0.5) is 4.79 Å². The first kappa shape index (κ1) is 14.7. The molecule has 0 radical (unpaired) electrons. The van der Waals surface area contributed by atoms with Crippen molar-refractivity contribution in [1.29, 1.82) is 0 Å². The number of urea groups is 1. The van der Waals surface area contributed by atoms with E-state index in [4.69, 9.17) is 9.84 Å². The Labute approximate surface area is 106 Å². The largest absolute Gasteiger partial charge is 0.481 e. The Morgan fingerprint density at radius 2 is 2.22 bits per heavy atom. The lowest BCUT2D eigenvalue weighted by Crippen LogP contribution is -2.50. The first-order valence-corrected chi connectivity index (χ1v) is 5.95. The first-order chi connectivity index (χ1) is 8.39. The fraction of sp³-hybridized carbons (Fsp3) is 0.818. The molecule has 2 atom stereocenters. The average Bonchev–Trinajstić information content (AvgIpc) is 2.26. The number of carbonyl (C=O) groups is 2. The zero-order valence-electron chi connectivity index (χ0n) is 10.4. The van der Waals surface area contributed by atoms with Crippen LogP contribution in [0, 0.1) is 0 Å². The van der Waals surface area contributed by atoms with E-state index in [1.54, 1.807) is 0 Å². The normalized spacial score (nSPS) is 22.9. The Balaban J connectivity index is 2.25. The van der Waals surface area contributed by atoms with Gasteiger partial charge in [0, 0.05) is 13.2 Å². The standard InChI is InChI=1S/C11H20N2O5/c1-11(17,5-9(14)15)7-12-10(16)13-8-3-2-4-18-6-8/h8,17H,2-7H2,1H3,(H,14,15)(H2,12,13,16). The van der Waals surface area contributed by atoms with Crippen LogP contribution in [-0.4, -0.2) is 53.6 Å². The lowest BCUT2D eigenvalue weighted by atomic mass is 10.0. The monoisotopic (exact) mass is 260 g/mol. The maximum atomic E-state index is 11.5. The maximum absolute atomic E-state index is 11.5. The van der Waals surface area contributed by atoms with Gasteiger partial charge in [0.1, 0.15) is 0 Å². The summed E-state index contributed by atoms with van der Waals surface area (Å²) in [5.74, 6) is -1.11. The fourth-order valence-corrected chi connectivity index (χ4v) is 1.75. The Morgan fingerprint density at radius 1 is 1.50 bits per heavy atom. The summed E-state index contributed by atoms with van der Waals surface area (Å²) < 4.78 is 5.21. The molecular formula is C11H20N2O5. The molecule has 2 amide bonds. The van der Waals surface area contributed by atoms with Crippen molar-refractivity contribution in [1.82, 2.24) is 10.6 Å². The van der Waals surface area contributed by atoms with E-state index >= 15 is 0 Å². The molecule has 1 rings (SSSR count). The summed E-state index contributed by atoms with van der Waals surface area (Å²) in [5, 5.41) is 23.4. The Hall–Kier alpha value is -1.34. The molecule has 1 heterocycles. The highest BCUT2D eigenvalue weighted by molar-refractivity contribution is 5.74. The van der Waals surface area contributed by atoms with Crippen LogP contribution in [0.5, 0.6) is 0 Å². The smallest absolute Gasteiger partial charge is 0.315 e. The minimum atomic E-state index is -1.45. The number of ether oxygens (including phenoxy) is 1. The highest BCUT2D eigenvalue weighted by Crippen LogP contribution is 2.08. The summed E-state index contributed by atoms with van der Waals surface area (Å²) in [5.41, 5.74) is -1.45. The van der Waals surface area contributed by atoms with E-state index in [1.165, 1.54) is 6.92 Å². The number of carboxylic acids is 1. The molecule has 1 saturated heterocycles. The quantitative estimate of drug-likeness (QED) is 0.542. The third kappa shape index (κ3) is 5.83. The SMILES string of the molecule is CC(O)(CNC(=O)NC1CCCOC1)CC(=O)O. The second kappa shape index (κ2) is 6.55. The molecule has 0 aromatic heterocycles. The van der Waals surface area contributed by atoms with Crippen LogP contribution in [-0.2, 0) is 9.53 Å². The van der Waals surface area contributed by atoms with E-state index < -0.39 is 24.0 Å². The number of hydrogen-bond acceptors (Lipinski definition) is 4. The molecule has 18 heavy (non-hydrogen) atoms. The van der Waals surface area contributed by atoms with Crippen molar-refractivity contribution in [3.05, 3.63) is 0 Å². The number of nitrogens with one attached hydrogen (secondary N) is 2. The second-order valence-electron chi connectivity index (χ2n) is 4.81. The summed E-state index contributed by atoms with van der Waals surface area (Å²) in [6, 6.07) is -0.445. The van der Waals surface area contributed by atoms with Crippen molar-refractivity contribution in [3.63, 3.8) is 0 Å². The minimum Gasteiger partial charge on any atom is -0.481 e. The van der Waals surface area contributed by atoms with Crippen molar-refractivity contribution < 1.29 is 24.5 Å². The van der Waals surface area contributed by atoms with E-state index in [0.717, 1.165) is 12.8 Å². The number of amides is 2. The molecule has 0 saturated carbocycles. The highest BCUT2D eigenvalue weighted by Gasteiger charge is 2.25. The topological polar surface area (TPSA) is 108 Å². The molecule has 104 valence electrons. The summed E-state index contributed by atoms with van der Waals surface area (Å²) in [7, 11) is 0. The summed E-state index contributed by atoms with van der Waals surface area (Å²) in [4.78, 5) is 22.0. The number of aliphatic carboxylic acids is 1. The van der Waals surface area contributed by atoms with Gasteiger partial charge in [-0.2, -0.15) is 0 Å². The Morgan fingerprint density at radius 3 is 2.78 bits per heavy atom. The van der Waals surface area contributed by atoms with Crippen LogP contribution in [0.3, 0.4) is 0 Å². The molecule has 1 fully saturated rings. The molecule has 7 nitrogen and oxygen atoms in total. The molecule has 7 heteroatoms. The molecule has 0 bridgehead atoms. The van der Waals surface area contributed by atoms with Crippen LogP contribution < -0.4 is 10.6 Å². The van der Waals surface area contributed by atoms with Gasteiger partial charge in [0.25, 0.3) is 0 Å². The number of rotatable bonds is 5. The highest BCUT2D eigenvalue weighted by atomic mass is 16.5. The second-order valence-corrected chi connectivity index (χ2v) is 4.81. The van der Waals surface area contributed by atoms with Gasteiger partial charge in [-0.3, -0.25) is 4.79 Å². The van der Waals surface area contributed by atoms with Gasteiger partial charge < -0.3 is 25.6 Å². The summed E-state index contributed by atoms with van der Waals surface area (Å²) in [6.07, 6.45) is 1.35. The van der Waals surface area contributed by atoms with Gasteiger partial charge in [-0.1, -0.05) is 0 Å². The number of hydrogen-bond donors (Lipinski definition) is 4. The van der Waals surface area contributed by atoms with Gasteiger partial charge >= 0.3 is 12.0 Å². The summed E-state index contributed by atoms with van der Waals surface area (Å²) >= 11 is 0. The predicted molar refractivity (Wildman–Crippen MR) is 63.3 cm³/mol. The molecule has 1 aliphatic heterocycles. The van der Waals surface area contributed by atoms with E-state index in [9.17, 15) is 14.7 Å². The van der Waals surface area contributed by atoms with Crippen molar-refractivity contribution in [3.8, 4) is 0 Å². The van der Waals surface area contributed by atoms with Crippen LogP contribution in [0.15, 0.2) is 0 Å². The molecule has 0 aliphatic carbocycles. The maximum Gasteiger partial charge on any atom is 0.315 e. The van der Waals surface area contributed by atoms with Crippen LogP contribution >= 0.6 is 0 Å². The van der Waals surface area contributed by atoms with Gasteiger partial charge in [-0.25, -0.2) is 4.79 Å². The van der Waals surface area contributed by atoms with E-state index in [2.05, 4.69) is 10.6 Å². The molecule has 0 aromatic rings. The van der Waals surface area contributed by atoms with Crippen LogP contribution in [0.2, 0.25) is 0 Å². The van der Waals surface area contributed by atoms with E-state index in [0.29, 0.717) is 13.2 Å². The van der Waals surface area contributed by atoms with Gasteiger partial charge in [-0.15, -0.1) is 0 Å². The van der Waals surface area contributed by atoms with Crippen molar-refractivity contribution in [2.75, 3.05) is 19.8 Å². The average molecular weight is 260 g/mol. The number of aliphatic hydroxyl groups is 1. The summed E-state index contributed by atoms with van der Waals surface area (Å²) in [6.45, 7) is 2.45. The molecule has 1 aliphatic rings. The van der Waals surface area contributed by atoms with Gasteiger partial charge in [0.2, 0.25) is 0 Å². The fourth-order valence-electron chi connectivity index (χ4n) is 1.75. The van der Waals surface area contributed by atoms with Crippen LogP contribution in [0.25, 0.3) is 0 Å². The Kier molecular flexibility index (Phi) is 5.36. The lowest BCUT2D eigenvalue weighted by molar-refractivity contribution is -0.141. The zero-order valence-corrected chi connectivity index (χ0v) is 10.4. The minimum absolute atomic E-state index is 0.0248. The van der Waals surface area contributed by atoms with E-state index in [1.807, 2.05) is 0 Å². The third-order valence-electron chi connectivity index (χ3n) is 2.66. The zero-order chi connectivity index (χ0) is 13.6. The van der Waals surface area contributed by atoms with Gasteiger partial charge in [-0.05, 0) is 19.8 Å². The molecule has 0 aromatic carbocycles.